The zero-order chi connectivity index (χ0) is 19.1. The quantitative estimate of drug-likeness (QED) is 0.399. The zero-order valence-corrected chi connectivity index (χ0v) is 16.6. The summed E-state index contributed by atoms with van der Waals surface area (Å²) in [6.07, 6.45) is 3.13. The highest BCUT2D eigenvalue weighted by molar-refractivity contribution is 9.10. The van der Waals surface area contributed by atoms with Crippen LogP contribution in [0, 0.1) is 5.82 Å². The molecule has 140 valence electrons. The molecule has 0 saturated heterocycles. The van der Waals surface area contributed by atoms with Gasteiger partial charge in [-0.2, -0.15) is 4.98 Å². The Morgan fingerprint density at radius 2 is 1.82 bits per heavy atom. The zero-order valence-electron chi connectivity index (χ0n) is 15.0. The van der Waals surface area contributed by atoms with Gasteiger partial charge in [0.25, 0.3) is 0 Å². The average Bonchev–Trinajstić information content (AvgIpc) is 3.14. The second-order valence-corrected chi connectivity index (χ2v) is 7.80. The second kappa shape index (κ2) is 7.02. The van der Waals surface area contributed by atoms with E-state index in [4.69, 9.17) is 14.4 Å². The number of halogens is 2. The summed E-state index contributed by atoms with van der Waals surface area (Å²) in [6, 6.07) is 16.2. The lowest BCUT2D eigenvalue weighted by molar-refractivity contribution is 0.490. The molecule has 1 aliphatic rings. The molecule has 0 spiro atoms. The van der Waals surface area contributed by atoms with E-state index in [-0.39, 0.29) is 5.82 Å². The molecule has 0 unspecified atom stereocenters. The lowest BCUT2D eigenvalue weighted by Crippen LogP contribution is -2.28. The highest BCUT2D eigenvalue weighted by Crippen LogP contribution is 2.27. The fourth-order valence-electron chi connectivity index (χ4n) is 3.56. The van der Waals surface area contributed by atoms with E-state index in [1.165, 1.54) is 12.1 Å². The molecule has 0 fully saturated rings. The van der Waals surface area contributed by atoms with Crippen molar-refractivity contribution in [3.63, 3.8) is 0 Å². The second-order valence-electron chi connectivity index (χ2n) is 6.88. The first-order chi connectivity index (χ1) is 13.7. The first-order valence-corrected chi connectivity index (χ1v) is 10.1. The third-order valence-corrected chi connectivity index (χ3v) is 5.50. The van der Waals surface area contributed by atoms with Gasteiger partial charge < -0.3 is 8.98 Å². The number of hydrogen-bond acceptors (Lipinski definition) is 3. The molecule has 0 saturated carbocycles. The number of benzene rings is 2. The molecule has 1 aliphatic heterocycles. The Hall–Kier alpha value is -2.73. The number of fused-ring (bicyclic) bond motifs is 2. The molecular formula is C22H17BrFN3O. The number of nitrogens with zero attached hydrogens (tertiary/aromatic N) is 3. The molecule has 28 heavy (non-hydrogen) atoms. The standard InChI is InChI=1S/C22H17BrFN3O/c23-15-6-10-17(11-7-15)25-21-18-13-19(14-4-8-16(24)9-5-14)28-22(18)26-20-3-1-2-12-27(20)21/h4-11,13H,1-3,12H2. The van der Waals surface area contributed by atoms with Crippen molar-refractivity contribution in [1.82, 2.24) is 9.55 Å². The van der Waals surface area contributed by atoms with Crippen LogP contribution in [0.1, 0.15) is 18.7 Å². The summed E-state index contributed by atoms with van der Waals surface area (Å²) in [5.41, 5.74) is 3.12. The number of hydrogen-bond donors (Lipinski definition) is 0. The third kappa shape index (κ3) is 3.18. The van der Waals surface area contributed by atoms with E-state index < -0.39 is 0 Å². The minimum absolute atomic E-state index is 0.269. The van der Waals surface area contributed by atoms with E-state index in [1.54, 1.807) is 12.1 Å². The summed E-state index contributed by atoms with van der Waals surface area (Å²) in [5, 5.41) is 0.868. The summed E-state index contributed by atoms with van der Waals surface area (Å²) < 4.78 is 22.5. The van der Waals surface area contributed by atoms with E-state index >= 15 is 0 Å². The molecule has 0 atom stereocenters. The molecule has 4 nitrogen and oxygen atoms in total. The van der Waals surface area contributed by atoms with Crippen molar-refractivity contribution in [1.29, 1.82) is 0 Å². The number of aryl methyl sites for hydroxylation is 1. The lowest BCUT2D eigenvalue weighted by atomic mass is 10.1. The van der Waals surface area contributed by atoms with Crippen molar-refractivity contribution in [2.24, 2.45) is 4.99 Å². The van der Waals surface area contributed by atoms with Crippen LogP contribution < -0.4 is 5.49 Å². The van der Waals surface area contributed by atoms with Crippen molar-refractivity contribution < 1.29 is 8.81 Å². The normalized spacial score (nSPS) is 14.4. The minimum Gasteiger partial charge on any atom is -0.438 e. The first-order valence-electron chi connectivity index (χ1n) is 9.27. The summed E-state index contributed by atoms with van der Waals surface area (Å²) in [6.45, 7) is 0.894. The van der Waals surface area contributed by atoms with Gasteiger partial charge in [0.05, 0.1) is 11.1 Å². The van der Waals surface area contributed by atoms with Gasteiger partial charge in [-0.3, -0.25) is 0 Å². The Balaban J connectivity index is 1.76. The van der Waals surface area contributed by atoms with Crippen LogP contribution in [0.4, 0.5) is 10.1 Å². The van der Waals surface area contributed by atoms with Gasteiger partial charge in [-0.15, -0.1) is 0 Å². The molecular weight excluding hydrogens is 421 g/mol. The molecule has 0 radical (unpaired) electrons. The fourth-order valence-corrected chi connectivity index (χ4v) is 3.83. The van der Waals surface area contributed by atoms with Gasteiger partial charge in [0.2, 0.25) is 5.71 Å². The molecule has 0 N–H and O–H groups in total. The van der Waals surface area contributed by atoms with E-state index in [1.807, 2.05) is 30.3 Å². The van der Waals surface area contributed by atoms with E-state index in [0.29, 0.717) is 11.5 Å². The van der Waals surface area contributed by atoms with Gasteiger partial charge in [0.15, 0.2) is 0 Å². The van der Waals surface area contributed by atoms with Gasteiger partial charge in [-0.25, -0.2) is 9.38 Å². The van der Waals surface area contributed by atoms with Gasteiger partial charge >= 0.3 is 0 Å². The van der Waals surface area contributed by atoms with Crippen molar-refractivity contribution in [3.05, 3.63) is 76.2 Å². The van der Waals surface area contributed by atoms with Crippen LogP contribution >= 0.6 is 15.9 Å². The molecule has 5 rings (SSSR count). The Morgan fingerprint density at radius 3 is 2.61 bits per heavy atom. The molecule has 0 bridgehead atoms. The molecule has 3 heterocycles. The smallest absolute Gasteiger partial charge is 0.232 e. The fraction of sp³-hybridized carbons (Fsp3) is 0.182. The maximum absolute atomic E-state index is 13.3. The van der Waals surface area contributed by atoms with Crippen molar-refractivity contribution in [3.8, 4) is 11.3 Å². The molecule has 6 heteroatoms. The molecule has 0 aliphatic carbocycles. The number of rotatable bonds is 2. The van der Waals surface area contributed by atoms with E-state index in [0.717, 1.165) is 58.2 Å². The van der Waals surface area contributed by atoms with Gasteiger partial charge in [0.1, 0.15) is 22.9 Å². The Morgan fingerprint density at radius 1 is 1.04 bits per heavy atom. The van der Waals surface area contributed by atoms with Crippen LogP contribution in [0.2, 0.25) is 0 Å². The van der Waals surface area contributed by atoms with Gasteiger partial charge in [-0.1, -0.05) is 15.9 Å². The summed E-state index contributed by atoms with van der Waals surface area (Å²) in [7, 11) is 0. The monoisotopic (exact) mass is 437 g/mol. The Labute approximate surface area is 169 Å². The maximum atomic E-state index is 13.3. The largest absolute Gasteiger partial charge is 0.438 e. The van der Waals surface area contributed by atoms with Crippen molar-refractivity contribution in [2.45, 2.75) is 25.8 Å². The maximum Gasteiger partial charge on any atom is 0.232 e. The topological polar surface area (TPSA) is 43.3 Å². The van der Waals surface area contributed by atoms with Crippen molar-refractivity contribution in [2.75, 3.05) is 0 Å². The van der Waals surface area contributed by atoms with Gasteiger partial charge in [0, 0.05) is 23.0 Å². The number of furan rings is 1. The van der Waals surface area contributed by atoms with Crippen molar-refractivity contribution >= 4 is 32.7 Å². The van der Waals surface area contributed by atoms with Crippen LogP contribution in [0.15, 0.2) is 68.5 Å². The van der Waals surface area contributed by atoms with Gasteiger partial charge in [-0.05, 0) is 67.4 Å². The Bertz CT molecular complexity index is 1220. The van der Waals surface area contributed by atoms with Crippen LogP contribution in [0.3, 0.4) is 0 Å². The van der Waals surface area contributed by atoms with E-state index in [2.05, 4.69) is 20.5 Å². The number of aromatic nitrogens is 2. The average molecular weight is 438 g/mol. The third-order valence-electron chi connectivity index (χ3n) is 4.97. The molecule has 2 aromatic carbocycles. The Kier molecular flexibility index (Phi) is 4.36. The van der Waals surface area contributed by atoms with Crippen LogP contribution in [-0.4, -0.2) is 9.55 Å². The minimum atomic E-state index is -0.269. The van der Waals surface area contributed by atoms with E-state index in [9.17, 15) is 4.39 Å². The highest BCUT2D eigenvalue weighted by atomic mass is 79.9. The SMILES string of the molecule is Fc1ccc(-c2cc3c(=Nc4ccc(Br)cc4)n4c(nc3o2)CCCC4)cc1. The van der Waals surface area contributed by atoms with Crippen LogP contribution in [0.25, 0.3) is 22.4 Å². The summed E-state index contributed by atoms with van der Waals surface area (Å²) in [4.78, 5) is 9.68. The predicted octanol–water partition coefficient (Wildman–Crippen LogP) is 5.77. The summed E-state index contributed by atoms with van der Waals surface area (Å²) in [5.74, 6) is 1.39. The highest BCUT2D eigenvalue weighted by Gasteiger charge is 2.17. The molecule has 2 aromatic heterocycles. The first kappa shape index (κ1) is 17.4. The predicted molar refractivity (Wildman–Crippen MR) is 110 cm³/mol. The molecule has 4 aromatic rings. The van der Waals surface area contributed by atoms with Crippen LogP contribution in [0.5, 0.6) is 0 Å². The molecule has 0 amide bonds. The van der Waals surface area contributed by atoms with Crippen LogP contribution in [-0.2, 0) is 13.0 Å². The summed E-state index contributed by atoms with van der Waals surface area (Å²) >= 11 is 3.47. The lowest BCUT2D eigenvalue weighted by Gasteiger charge is -2.18.